The Morgan fingerprint density at radius 1 is 1.06 bits per heavy atom. The van der Waals surface area contributed by atoms with Crippen molar-refractivity contribution in [1.82, 2.24) is 9.80 Å². The van der Waals surface area contributed by atoms with Crippen molar-refractivity contribution < 1.29 is 28.9 Å². The molecule has 1 N–H and O–H groups in total. The van der Waals surface area contributed by atoms with E-state index in [1.54, 1.807) is 37.4 Å². The summed E-state index contributed by atoms with van der Waals surface area (Å²) in [5.41, 5.74) is 1.93. The summed E-state index contributed by atoms with van der Waals surface area (Å²) in [7, 11) is 6.98. The highest BCUT2D eigenvalue weighted by atomic mass is 16.5. The van der Waals surface area contributed by atoms with Crippen LogP contribution in [0.4, 0.5) is 0 Å². The summed E-state index contributed by atoms with van der Waals surface area (Å²) in [5.74, 6) is 0.152. The molecule has 36 heavy (non-hydrogen) atoms. The molecule has 8 heteroatoms. The average molecular weight is 497 g/mol. The normalized spacial score (nSPS) is 17.1. The molecule has 0 saturated carbocycles. The predicted octanol–water partition coefficient (Wildman–Crippen LogP) is 4.17. The van der Waals surface area contributed by atoms with Crippen LogP contribution in [-0.2, 0) is 9.59 Å². The van der Waals surface area contributed by atoms with Crippen molar-refractivity contribution in [2.45, 2.75) is 32.7 Å². The zero-order valence-electron chi connectivity index (χ0n) is 22.0. The van der Waals surface area contributed by atoms with Crippen LogP contribution in [0.2, 0.25) is 0 Å². The number of rotatable bonds is 11. The van der Waals surface area contributed by atoms with Crippen molar-refractivity contribution >= 4 is 17.4 Å². The Labute approximate surface area is 213 Å². The molecule has 0 aromatic heterocycles. The molecular formula is C28H36N2O6. The van der Waals surface area contributed by atoms with Crippen LogP contribution in [0.1, 0.15) is 42.5 Å². The number of hydrogen-bond donors (Lipinski definition) is 1. The van der Waals surface area contributed by atoms with Crippen molar-refractivity contribution in [1.29, 1.82) is 0 Å². The van der Waals surface area contributed by atoms with Gasteiger partial charge in [0.2, 0.25) is 0 Å². The Kier molecular flexibility index (Phi) is 8.98. The lowest BCUT2D eigenvalue weighted by Crippen LogP contribution is -2.32. The highest BCUT2D eigenvalue weighted by Gasteiger charge is 2.46. The molecule has 2 aromatic carbocycles. The van der Waals surface area contributed by atoms with Crippen molar-refractivity contribution in [3.05, 3.63) is 58.7 Å². The Bertz CT molecular complexity index is 1140. The number of methoxy groups -OCH3 is 2. The van der Waals surface area contributed by atoms with Gasteiger partial charge in [-0.3, -0.25) is 9.59 Å². The molecule has 1 atom stereocenters. The summed E-state index contributed by atoms with van der Waals surface area (Å²) in [5, 5.41) is 11.4. The van der Waals surface area contributed by atoms with Gasteiger partial charge in [0.1, 0.15) is 11.5 Å². The largest absolute Gasteiger partial charge is 0.507 e. The Balaban J connectivity index is 2.13. The number of ether oxygens (including phenoxy) is 3. The van der Waals surface area contributed by atoms with Gasteiger partial charge in [-0.25, -0.2) is 0 Å². The number of carbonyl (C=O) groups excluding carboxylic acids is 2. The van der Waals surface area contributed by atoms with Gasteiger partial charge in [0.05, 0.1) is 32.4 Å². The molecule has 3 rings (SSSR count). The molecule has 2 aromatic rings. The highest BCUT2D eigenvalue weighted by Crippen LogP contribution is 2.42. The number of carbonyl (C=O) groups is 2. The van der Waals surface area contributed by atoms with Crippen molar-refractivity contribution in [3.8, 4) is 17.2 Å². The molecule has 1 fully saturated rings. The minimum atomic E-state index is -0.762. The van der Waals surface area contributed by atoms with Gasteiger partial charge in [-0.2, -0.15) is 0 Å². The van der Waals surface area contributed by atoms with Gasteiger partial charge in [-0.15, -0.1) is 0 Å². The van der Waals surface area contributed by atoms with E-state index in [-0.39, 0.29) is 11.3 Å². The van der Waals surface area contributed by atoms with Crippen molar-refractivity contribution in [2.75, 3.05) is 48.0 Å². The standard InChI is InChI=1S/C28H36N2O6/c1-7-15-36-20-10-11-21(18(2)16-20)26(31)24-25(19-9-12-22(34-5)23(17-19)35-6)30(28(33)27(24)32)14-8-13-29(3)4/h9-12,16-17,25,31H,7-8,13-15H2,1-6H3/b26-24+. The number of nitrogens with zero attached hydrogens (tertiary/aromatic N) is 2. The molecule has 194 valence electrons. The average Bonchev–Trinajstić information content (AvgIpc) is 3.11. The highest BCUT2D eigenvalue weighted by molar-refractivity contribution is 6.46. The predicted molar refractivity (Wildman–Crippen MR) is 139 cm³/mol. The number of amides is 1. The fraction of sp³-hybridized carbons (Fsp3) is 0.429. The zero-order valence-corrected chi connectivity index (χ0v) is 22.0. The first-order valence-electron chi connectivity index (χ1n) is 12.1. The van der Waals surface area contributed by atoms with Crippen LogP contribution in [0, 0.1) is 6.92 Å². The van der Waals surface area contributed by atoms with Crippen LogP contribution in [0.3, 0.4) is 0 Å². The number of hydrogen-bond acceptors (Lipinski definition) is 7. The second kappa shape index (κ2) is 11.9. The van der Waals surface area contributed by atoms with E-state index in [1.807, 2.05) is 38.9 Å². The lowest BCUT2D eigenvalue weighted by atomic mass is 9.93. The van der Waals surface area contributed by atoms with Crippen LogP contribution in [0.15, 0.2) is 42.0 Å². The Morgan fingerprint density at radius 3 is 2.39 bits per heavy atom. The molecule has 1 unspecified atom stereocenters. The van der Waals surface area contributed by atoms with E-state index in [0.717, 1.165) is 18.5 Å². The van der Waals surface area contributed by atoms with E-state index in [9.17, 15) is 14.7 Å². The first-order chi connectivity index (χ1) is 17.2. The topological polar surface area (TPSA) is 88.5 Å². The molecular weight excluding hydrogens is 460 g/mol. The van der Waals surface area contributed by atoms with Crippen LogP contribution in [0.25, 0.3) is 5.76 Å². The van der Waals surface area contributed by atoms with E-state index < -0.39 is 17.7 Å². The summed E-state index contributed by atoms with van der Waals surface area (Å²) in [6.45, 7) is 5.56. The number of likely N-dealkylation sites (tertiary alicyclic amines) is 1. The fourth-order valence-corrected chi connectivity index (χ4v) is 4.39. The van der Waals surface area contributed by atoms with E-state index in [1.165, 1.54) is 12.0 Å². The molecule has 1 heterocycles. The molecule has 1 aliphatic heterocycles. The van der Waals surface area contributed by atoms with Crippen LogP contribution < -0.4 is 14.2 Å². The second-order valence-electron chi connectivity index (χ2n) is 9.09. The molecule has 0 spiro atoms. The summed E-state index contributed by atoms with van der Waals surface area (Å²) < 4.78 is 16.5. The lowest BCUT2D eigenvalue weighted by molar-refractivity contribution is -0.139. The first kappa shape index (κ1) is 27.1. The third-order valence-corrected chi connectivity index (χ3v) is 6.19. The number of benzene rings is 2. The van der Waals surface area contributed by atoms with Gasteiger partial charge in [0, 0.05) is 12.1 Å². The van der Waals surface area contributed by atoms with Crippen LogP contribution in [0.5, 0.6) is 17.2 Å². The molecule has 1 aliphatic rings. The third kappa shape index (κ3) is 5.65. The number of aryl methyl sites for hydroxylation is 1. The molecule has 0 bridgehead atoms. The minimum absolute atomic E-state index is 0.0578. The monoisotopic (exact) mass is 496 g/mol. The summed E-state index contributed by atoms with van der Waals surface area (Å²) in [6.07, 6.45) is 1.55. The van der Waals surface area contributed by atoms with E-state index in [0.29, 0.717) is 47.9 Å². The third-order valence-electron chi connectivity index (χ3n) is 6.19. The van der Waals surface area contributed by atoms with Crippen LogP contribution in [-0.4, -0.2) is 74.6 Å². The van der Waals surface area contributed by atoms with Gasteiger partial charge < -0.3 is 29.1 Å². The quantitative estimate of drug-likeness (QED) is 0.284. The fourth-order valence-electron chi connectivity index (χ4n) is 4.39. The van der Waals surface area contributed by atoms with Gasteiger partial charge in [-0.1, -0.05) is 13.0 Å². The molecule has 1 amide bonds. The van der Waals surface area contributed by atoms with E-state index in [2.05, 4.69) is 0 Å². The summed E-state index contributed by atoms with van der Waals surface area (Å²) in [4.78, 5) is 30.1. The molecule has 0 aliphatic carbocycles. The van der Waals surface area contributed by atoms with Gasteiger partial charge in [-0.05, 0) is 81.9 Å². The number of ketones is 1. The second-order valence-corrected chi connectivity index (χ2v) is 9.09. The lowest BCUT2D eigenvalue weighted by Gasteiger charge is -2.26. The maximum atomic E-state index is 13.3. The number of aliphatic hydroxyl groups is 1. The van der Waals surface area contributed by atoms with Crippen molar-refractivity contribution in [3.63, 3.8) is 0 Å². The Hall–Kier alpha value is -3.52. The smallest absolute Gasteiger partial charge is 0.295 e. The Morgan fingerprint density at radius 2 is 1.78 bits per heavy atom. The molecule has 0 radical (unpaired) electrons. The molecule has 1 saturated heterocycles. The minimum Gasteiger partial charge on any atom is -0.507 e. The first-order valence-corrected chi connectivity index (χ1v) is 12.1. The van der Waals surface area contributed by atoms with Crippen LogP contribution >= 0.6 is 0 Å². The van der Waals surface area contributed by atoms with Gasteiger partial charge in [0.15, 0.2) is 11.5 Å². The van der Waals surface area contributed by atoms with Crippen molar-refractivity contribution in [2.24, 2.45) is 0 Å². The molecule has 8 nitrogen and oxygen atoms in total. The summed E-state index contributed by atoms with van der Waals surface area (Å²) >= 11 is 0. The van der Waals surface area contributed by atoms with E-state index >= 15 is 0 Å². The summed E-state index contributed by atoms with van der Waals surface area (Å²) in [6, 6.07) is 9.82. The number of Topliss-reactive ketones (excluding diaryl/α,β-unsaturated/α-hetero) is 1. The number of aliphatic hydroxyl groups excluding tert-OH is 1. The van der Waals surface area contributed by atoms with Gasteiger partial charge >= 0.3 is 0 Å². The SMILES string of the molecule is CCCOc1ccc(/C(O)=C2\C(=O)C(=O)N(CCCN(C)C)C2c2ccc(OC)c(OC)c2)c(C)c1. The zero-order chi connectivity index (χ0) is 26.4. The van der Waals surface area contributed by atoms with Gasteiger partial charge in [0.25, 0.3) is 11.7 Å². The van der Waals surface area contributed by atoms with E-state index in [4.69, 9.17) is 14.2 Å². The maximum Gasteiger partial charge on any atom is 0.295 e. The maximum absolute atomic E-state index is 13.3.